The van der Waals surface area contributed by atoms with Gasteiger partial charge in [0.15, 0.2) is 0 Å². The molecule has 0 saturated carbocycles. The highest BCUT2D eigenvalue weighted by Gasteiger charge is 2.20. The lowest BCUT2D eigenvalue weighted by atomic mass is 10.1. The minimum atomic E-state index is -0.381. The van der Waals surface area contributed by atoms with Crippen molar-refractivity contribution in [2.75, 3.05) is 25.0 Å². The van der Waals surface area contributed by atoms with Gasteiger partial charge < -0.3 is 15.1 Å². The Morgan fingerprint density at radius 1 is 1.14 bits per heavy atom. The van der Waals surface area contributed by atoms with Crippen LogP contribution < -0.4 is 5.32 Å². The molecule has 0 unspecified atom stereocenters. The van der Waals surface area contributed by atoms with Crippen molar-refractivity contribution in [2.24, 2.45) is 0 Å². The molecule has 3 rings (SSSR count). The number of benzene rings is 2. The van der Waals surface area contributed by atoms with E-state index in [-0.39, 0.29) is 30.8 Å². The minimum absolute atomic E-state index is 0.0251. The molecule has 5 nitrogen and oxygen atoms in total. The van der Waals surface area contributed by atoms with Crippen LogP contribution in [-0.2, 0) is 6.54 Å². The molecule has 2 aromatic rings. The first-order valence-corrected chi connectivity index (χ1v) is 9.38. The molecule has 3 amide bonds. The summed E-state index contributed by atoms with van der Waals surface area (Å²) in [5.41, 5.74) is 1.50. The number of carbonyl (C=O) groups excluding carboxylic acids is 2. The van der Waals surface area contributed by atoms with Gasteiger partial charge in [0.2, 0.25) is 0 Å². The van der Waals surface area contributed by atoms with Gasteiger partial charge in [0.25, 0.3) is 5.91 Å². The Morgan fingerprint density at radius 3 is 2.61 bits per heavy atom. The van der Waals surface area contributed by atoms with Crippen molar-refractivity contribution in [1.82, 2.24) is 9.80 Å². The van der Waals surface area contributed by atoms with E-state index in [2.05, 4.69) is 11.9 Å². The Kier molecular flexibility index (Phi) is 6.42. The molecular formula is C22H24FN3O2. The highest BCUT2D eigenvalue weighted by molar-refractivity contribution is 5.97. The molecule has 0 bridgehead atoms. The van der Waals surface area contributed by atoms with Gasteiger partial charge in [0, 0.05) is 36.4 Å². The van der Waals surface area contributed by atoms with E-state index < -0.39 is 0 Å². The molecule has 28 heavy (non-hydrogen) atoms. The second-order valence-electron chi connectivity index (χ2n) is 6.77. The number of urea groups is 1. The molecule has 0 atom stereocenters. The van der Waals surface area contributed by atoms with E-state index >= 15 is 0 Å². The van der Waals surface area contributed by atoms with E-state index in [9.17, 15) is 14.0 Å². The predicted molar refractivity (Wildman–Crippen MR) is 108 cm³/mol. The standard InChI is InChI=1S/C22H24FN3O2/c1-2-12-26(16-18-8-3-4-11-20(18)23)22(28)24-19-10-7-9-17(15-19)21(27)25-13-5-6-14-25/h2-4,7-11,15H,1,5-6,12-14,16H2,(H,24,28). The van der Waals surface area contributed by atoms with Gasteiger partial charge in [-0.05, 0) is 37.1 Å². The lowest BCUT2D eigenvalue weighted by molar-refractivity contribution is 0.0793. The number of likely N-dealkylation sites (tertiary alicyclic amines) is 1. The van der Waals surface area contributed by atoms with E-state index in [1.165, 1.54) is 11.0 Å². The average molecular weight is 381 g/mol. The smallest absolute Gasteiger partial charge is 0.322 e. The molecule has 2 aromatic carbocycles. The summed E-state index contributed by atoms with van der Waals surface area (Å²) in [6.45, 7) is 5.60. The number of anilines is 1. The van der Waals surface area contributed by atoms with Crippen molar-refractivity contribution in [3.63, 3.8) is 0 Å². The zero-order valence-corrected chi connectivity index (χ0v) is 15.7. The topological polar surface area (TPSA) is 52.7 Å². The normalized spacial score (nSPS) is 13.2. The van der Waals surface area contributed by atoms with Gasteiger partial charge >= 0.3 is 6.03 Å². The van der Waals surface area contributed by atoms with Crippen molar-refractivity contribution >= 4 is 17.6 Å². The van der Waals surface area contributed by atoms with E-state index in [0.29, 0.717) is 16.8 Å². The zero-order chi connectivity index (χ0) is 19.9. The number of nitrogens with zero attached hydrogens (tertiary/aromatic N) is 2. The van der Waals surface area contributed by atoms with Crippen LogP contribution in [0.5, 0.6) is 0 Å². The largest absolute Gasteiger partial charge is 0.339 e. The highest BCUT2D eigenvalue weighted by atomic mass is 19.1. The first-order chi connectivity index (χ1) is 13.6. The number of amides is 3. The third-order valence-electron chi connectivity index (χ3n) is 4.71. The van der Waals surface area contributed by atoms with Crippen molar-refractivity contribution in [3.05, 3.63) is 78.1 Å². The maximum Gasteiger partial charge on any atom is 0.322 e. The number of hydrogen-bond acceptors (Lipinski definition) is 2. The van der Waals surface area contributed by atoms with Gasteiger partial charge in [-0.15, -0.1) is 6.58 Å². The van der Waals surface area contributed by atoms with Crippen molar-refractivity contribution in [2.45, 2.75) is 19.4 Å². The summed E-state index contributed by atoms with van der Waals surface area (Å²) >= 11 is 0. The summed E-state index contributed by atoms with van der Waals surface area (Å²) in [5, 5.41) is 2.80. The van der Waals surface area contributed by atoms with Crippen LogP contribution in [0, 0.1) is 5.82 Å². The van der Waals surface area contributed by atoms with Crippen LogP contribution >= 0.6 is 0 Å². The first kappa shape index (κ1) is 19.6. The molecule has 6 heteroatoms. The van der Waals surface area contributed by atoms with Gasteiger partial charge in [-0.1, -0.05) is 30.3 Å². The highest BCUT2D eigenvalue weighted by Crippen LogP contribution is 2.17. The average Bonchev–Trinajstić information content (AvgIpc) is 3.23. The molecular weight excluding hydrogens is 357 g/mol. The third kappa shape index (κ3) is 4.76. The van der Waals surface area contributed by atoms with Crippen LogP contribution in [-0.4, -0.2) is 41.4 Å². The number of halogens is 1. The van der Waals surface area contributed by atoms with Gasteiger partial charge in [-0.25, -0.2) is 9.18 Å². The second kappa shape index (κ2) is 9.17. The summed E-state index contributed by atoms with van der Waals surface area (Å²) in [4.78, 5) is 28.5. The Labute approximate surface area is 164 Å². The maximum atomic E-state index is 13.9. The number of hydrogen-bond donors (Lipinski definition) is 1. The molecule has 1 fully saturated rings. The molecule has 1 aliphatic heterocycles. The molecule has 146 valence electrons. The van der Waals surface area contributed by atoms with Gasteiger partial charge in [-0.2, -0.15) is 0 Å². The molecule has 0 aromatic heterocycles. The summed E-state index contributed by atoms with van der Waals surface area (Å²) in [6.07, 6.45) is 3.64. The summed E-state index contributed by atoms with van der Waals surface area (Å²) < 4.78 is 13.9. The summed E-state index contributed by atoms with van der Waals surface area (Å²) in [7, 11) is 0. The first-order valence-electron chi connectivity index (χ1n) is 9.38. The van der Waals surface area contributed by atoms with Gasteiger partial charge in [0.1, 0.15) is 5.82 Å². The molecule has 1 N–H and O–H groups in total. The van der Waals surface area contributed by atoms with Crippen molar-refractivity contribution in [3.8, 4) is 0 Å². The van der Waals surface area contributed by atoms with E-state index in [4.69, 9.17) is 0 Å². The molecule has 1 saturated heterocycles. The fraction of sp³-hybridized carbons (Fsp3) is 0.273. The van der Waals surface area contributed by atoms with Crippen LogP contribution in [0.4, 0.5) is 14.9 Å². The van der Waals surface area contributed by atoms with Crippen molar-refractivity contribution < 1.29 is 14.0 Å². The van der Waals surface area contributed by atoms with Crippen LogP contribution in [0.1, 0.15) is 28.8 Å². The number of nitrogens with one attached hydrogen (secondary N) is 1. The van der Waals surface area contributed by atoms with E-state index in [0.717, 1.165) is 25.9 Å². The third-order valence-corrected chi connectivity index (χ3v) is 4.71. The maximum absolute atomic E-state index is 13.9. The second-order valence-corrected chi connectivity index (χ2v) is 6.77. The molecule has 0 radical (unpaired) electrons. The monoisotopic (exact) mass is 381 g/mol. The van der Waals surface area contributed by atoms with Gasteiger partial charge in [-0.3, -0.25) is 4.79 Å². The fourth-order valence-electron chi connectivity index (χ4n) is 3.24. The van der Waals surface area contributed by atoms with E-state index in [1.807, 2.05) is 4.90 Å². The number of rotatable bonds is 6. The molecule has 1 aliphatic rings. The Hall–Kier alpha value is -3.15. The lowest BCUT2D eigenvalue weighted by Crippen LogP contribution is -2.35. The summed E-state index contributed by atoms with van der Waals surface area (Å²) in [6, 6.07) is 12.9. The predicted octanol–water partition coefficient (Wildman–Crippen LogP) is 4.28. The van der Waals surface area contributed by atoms with Crippen LogP contribution in [0.3, 0.4) is 0 Å². The Morgan fingerprint density at radius 2 is 1.89 bits per heavy atom. The van der Waals surface area contributed by atoms with Crippen LogP contribution in [0.25, 0.3) is 0 Å². The molecule has 1 heterocycles. The minimum Gasteiger partial charge on any atom is -0.339 e. The zero-order valence-electron chi connectivity index (χ0n) is 15.7. The van der Waals surface area contributed by atoms with Crippen LogP contribution in [0.2, 0.25) is 0 Å². The molecule has 0 spiro atoms. The SMILES string of the molecule is C=CCN(Cc1ccccc1F)C(=O)Nc1cccc(C(=O)N2CCCC2)c1. The van der Waals surface area contributed by atoms with E-state index in [1.54, 1.807) is 48.5 Å². The van der Waals surface area contributed by atoms with Crippen molar-refractivity contribution in [1.29, 1.82) is 0 Å². The van der Waals surface area contributed by atoms with Gasteiger partial charge in [0.05, 0.1) is 6.54 Å². The Bertz CT molecular complexity index is 862. The lowest BCUT2D eigenvalue weighted by Gasteiger charge is -2.22. The quantitative estimate of drug-likeness (QED) is 0.760. The molecule has 0 aliphatic carbocycles. The fourth-order valence-corrected chi connectivity index (χ4v) is 3.24. The summed E-state index contributed by atoms with van der Waals surface area (Å²) in [5.74, 6) is -0.384. The van der Waals surface area contributed by atoms with Crippen LogP contribution in [0.15, 0.2) is 61.2 Å². The Balaban J connectivity index is 1.71. The number of carbonyl (C=O) groups is 2.